The van der Waals surface area contributed by atoms with Crippen molar-refractivity contribution >= 4 is 11.3 Å². The molecule has 0 spiro atoms. The standard InChI is InChI=1S/C15H17NOS/c1-2-15-14(4-7-17-15)9-12(1)3-6-16-10-13-5-8-18-11-13/h1-2,5,8-9,11,16H,3-4,6-7,10H2. The normalized spacial score (nSPS) is 13.3. The van der Waals surface area contributed by atoms with Crippen LogP contribution in [-0.2, 0) is 19.4 Å². The molecule has 1 aliphatic heterocycles. The molecule has 1 aromatic carbocycles. The summed E-state index contributed by atoms with van der Waals surface area (Å²) in [5.41, 5.74) is 4.14. The summed E-state index contributed by atoms with van der Waals surface area (Å²) in [7, 11) is 0. The summed E-state index contributed by atoms with van der Waals surface area (Å²) < 4.78 is 5.51. The van der Waals surface area contributed by atoms with Crippen molar-refractivity contribution in [3.8, 4) is 5.75 Å². The molecule has 0 fully saturated rings. The second-order valence-electron chi connectivity index (χ2n) is 4.60. The zero-order chi connectivity index (χ0) is 12.2. The first-order valence-corrected chi connectivity index (χ1v) is 7.32. The van der Waals surface area contributed by atoms with Crippen LogP contribution in [0.3, 0.4) is 0 Å². The van der Waals surface area contributed by atoms with E-state index in [4.69, 9.17) is 4.74 Å². The Morgan fingerprint density at radius 1 is 1.22 bits per heavy atom. The Balaban J connectivity index is 1.48. The number of nitrogens with one attached hydrogen (secondary N) is 1. The predicted octanol–water partition coefficient (Wildman–Crippen LogP) is 3.02. The Kier molecular flexibility index (Phi) is 3.62. The van der Waals surface area contributed by atoms with Crippen molar-refractivity contribution in [3.63, 3.8) is 0 Å². The molecular weight excluding hydrogens is 242 g/mol. The van der Waals surface area contributed by atoms with Crippen LogP contribution in [-0.4, -0.2) is 13.2 Å². The van der Waals surface area contributed by atoms with E-state index >= 15 is 0 Å². The molecule has 1 aromatic heterocycles. The van der Waals surface area contributed by atoms with Gasteiger partial charge >= 0.3 is 0 Å². The van der Waals surface area contributed by atoms with Crippen molar-refractivity contribution in [2.75, 3.05) is 13.2 Å². The van der Waals surface area contributed by atoms with Crippen LogP contribution in [0.4, 0.5) is 0 Å². The first-order chi connectivity index (χ1) is 8.92. The smallest absolute Gasteiger partial charge is 0.122 e. The molecule has 1 aliphatic rings. The molecule has 0 atom stereocenters. The Labute approximate surface area is 112 Å². The molecule has 0 aliphatic carbocycles. The molecule has 1 N–H and O–H groups in total. The molecule has 2 heterocycles. The number of benzene rings is 1. The van der Waals surface area contributed by atoms with Gasteiger partial charge in [-0.25, -0.2) is 0 Å². The Morgan fingerprint density at radius 2 is 2.22 bits per heavy atom. The van der Waals surface area contributed by atoms with Gasteiger partial charge in [0.05, 0.1) is 6.61 Å². The number of rotatable bonds is 5. The quantitative estimate of drug-likeness (QED) is 0.833. The number of hydrogen-bond donors (Lipinski definition) is 1. The average Bonchev–Trinajstić information content (AvgIpc) is 3.05. The van der Waals surface area contributed by atoms with Crippen molar-refractivity contribution in [2.24, 2.45) is 0 Å². The predicted molar refractivity (Wildman–Crippen MR) is 75.4 cm³/mol. The van der Waals surface area contributed by atoms with Crippen molar-refractivity contribution in [1.29, 1.82) is 0 Å². The van der Waals surface area contributed by atoms with Crippen molar-refractivity contribution in [2.45, 2.75) is 19.4 Å². The van der Waals surface area contributed by atoms with E-state index in [1.807, 2.05) is 0 Å². The summed E-state index contributed by atoms with van der Waals surface area (Å²) in [6.45, 7) is 2.84. The van der Waals surface area contributed by atoms with Crippen LogP contribution in [0.2, 0.25) is 0 Å². The van der Waals surface area contributed by atoms with E-state index in [-0.39, 0.29) is 0 Å². The fourth-order valence-electron chi connectivity index (χ4n) is 2.25. The molecule has 18 heavy (non-hydrogen) atoms. The van der Waals surface area contributed by atoms with Crippen LogP contribution in [0.15, 0.2) is 35.0 Å². The minimum atomic E-state index is 0.842. The Morgan fingerprint density at radius 3 is 3.11 bits per heavy atom. The zero-order valence-corrected chi connectivity index (χ0v) is 11.1. The highest BCUT2D eigenvalue weighted by Crippen LogP contribution is 2.25. The van der Waals surface area contributed by atoms with Crippen LogP contribution in [0.25, 0.3) is 0 Å². The fraction of sp³-hybridized carbons (Fsp3) is 0.333. The van der Waals surface area contributed by atoms with E-state index in [1.54, 1.807) is 11.3 Å². The third-order valence-electron chi connectivity index (χ3n) is 3.25. The van der Waals surface area contributed by atoms with E-state index < -0.39 is 0 Å². The first kappa shape index (κ1) is 11.8. The van der Waals surface area contributed by atoms with Gasteiger partial charge in [-0.05, 0) is 52.5 Å². The third-order valence-corrected chi connectivity index (χ3v) is 3.99. The SMILES string of the molecule is c1cc(CNCCc2ccc3c(c2)CCO3)cs1. The van der Waals surface area contributed by atoms with E-state index in [9.17, 15) is 0 Å². The maximum absolute atomic E-state index is 5.51. The maximum atomic E-state index is 5.51. The summed E-state index contributed by atoms with van der Waals surface area (Å²) in [6.07, 6.45) is 2.14. The number of ether oxygens (including phenoxy) is 1. The topological polar surface area (TPSA) is 21.3 Å². The van der Waals surface area contributed by atoms with Crippen molar-refractivity contribution in [3.05, 3.63) is 51.7 Å². The van der Waals surface area contributed by atoms with E-state index in [1.165, 1.54) is 16.7 Å². The van der Waals surface area contributed by atoms with Gasteiger partial charge in [0, 0.05) is 13.0 Å². The van der Waals surface area contributed by atoms with E-state index in [2.05, 4.69) is 40.3 Å². The summed E-state index contributed by atoms with van der Waals surface area (Å²) >= 11 is 1.75. The zero-order valence-electron chi connectivity index (χ0n) is 10.3. The van der Waals surface area contributed by atoms with Gasteiger partial charge in [-0.1, -0.05) is 12.1 Å². The van der Waals surface area contributed by atoms with Crippen LogP contribution < -0.4 is 10.1 Å². The molecule has 0 bridgehead atoms. The van der Waals surface area contributed by atoms with Gasteiger partial charge in [0.25, 0.3) is 0 Å². The highest BCUT2D eigenvalue weighted by molar-refractivity contribution is 7.07. The van der Waals surface area contributed by atoms with Gasteiger partial charge in [-0.2, -0.15) is 11.3 Å². The van der Waals surface area contributed by atoms with Gasteiger partial charge in [0.1, 0.15) is 5.75 Å². The molecule has 0 amide bonds. The van der Waals surface area contributed by atoms with E-state index in [0.29, 0.717) is 0 Å². The molecule has 2 nitrogen and oxygen atoms in total. The highest BCUT2D eigenvalue weighted by Gasteiger charge is 2.11. The molecule has 2 aromatic rings. The molecule has 3 heteroatoms. The Bertz CT molecular complexity index is 507. The van der Waals surface area contributed by atoms with Crippen LogP contribution >= 0.6 is 11.3 Å². The van der Waals surface area contributed by atoms with Gasteiger partial charge < -0.3 is 10.1 Å². The van der Waals surface area contributed by atoms with Gasteiger partial charge in [0.2, 0.25) is 0 Å². The molecule has 94 valence electrons. The van der Waals surface area contributed by atoms with E-state index in [0.717, 1.165) is 38.3 Å². The van der Waals surface area contributed by atoms with Crippen molar-refractivity contribution < 1.29 is 4.74 Å². The monoisotopic (exact) mass is 259 g/mol. The third kappa shape index (κ3) is 2.74. The lowest BCUT2D eigenvalue weighted by atomic mass is 10.1. The minimum Gasteiger partial charge on any atom is -0.493 e. The summed E-state index contributed by atoms with van der Waals surface area (Å²) in [5, 5.41) is 7.80. The summed E-state index contributed by atoms with van der Waals surface area (Å²) in [4.78, 5) is 0. The molecule has 0 saturated carbocycles. The average molecular weight is 259 g/mol. The minimum absolute atomic E-state index is 0.842. The lowest BCUT2D eigenvalue weighted by molar-refractivity contribution is 0.357. The molecule has 0 radical (unpaired) electrons. The van der Waals surface area contributed by atoms with Gasteiger partial charge in [-0.15, -0.1) is 0 Å². The lowest BCUT2D eigenvalue weighted by Gasteiger charge is -2.05. The molecular formula is C15H17NOS. The highest BCUT2D eigenvalue weighted by atomic mass is 32.1. The van der Waals surface area contributed by atoms with Crippen LogP contribution in [0, 0.1) is 0 Å². The van der Waals surface area contributed by atoms with Gasteiger partial charge in [-0.3, -0.25) is 0 Å². The number of fused-ring (bicyclic) bond motifs is 1. The number of thiophene rings is 1. The maximum Gasteiger partial charge on any atom is 0.122 e. The lowest BCUT2D eigenvalue weighted by Crippen LogP contribution is -2.16. The number of hydrogen-bond acceptors (Lipinski definition) is 3. The second kappa shape index (κ2) is 5.55. The fourth-order valence-corrected chi connectivity index (χ4v) is 2.92. The second-order valence-corrected chi connectivity index (χ2v) is 5.38. The first-order valence-electron chi connectivity index (χ1n) is 6.38. The van der Waals surface area contributed by atoms with Crippen LogP contribution in [0.5, 0.6) is 5.75 Å². The Hall–Kier alpha value is -1.32. The van der Waals surface area contributed by atoms with Crippen LogP contribution in [0.1, 0.15) is 16.7 Å². The largest absolute Gasteiger partial charge is 0.493 e. The molecule has 3 rings (SSSR count). The summed E-state index contributed by atoms with van der Waals surface area (Å²) in [5.74, 6) is 1.07. The summed E-state index contributed by atoms with van der Waals surface area (Å²) in [6, 6.07) is 8.74. The molecule has 0 saturated heterocycles. The van der Waals surface area contributed by atoms with Crippen molar-refractivity contribution in [1.82, 2.24) is 5.32 Å². The molecule has 0 unspecified atom stereocenters. The van der Waals surface area contributed by atoms with Gasteiger partial charge in [0.15, 0.2) is 0 Å².